The SMILES string of the molecule is CCOC(=O)c1ccc(NC(=S)NC(C)c2ccc(C)cc2)c(C)c1. The highest BCUT2D eigenvalue weighted by Gasteiger charge is 2.11. The van der Waals surface area contributed by atoms with Gasteiger partial charge in [0.1, 0.15) is 0 Å². The molecule has 0 aliphatic carbocycles. The molecule has 0 spiro atoms. The Balaban J connectivity index is 2.00. The van der Waals surface area contributed by atoms with Crippen molar-refractivity contribution in [2.45, 2.75) is 33.7 Å². The first-order valence-electron chi connectivity index (χ1n) is 8.32. The molecule has 1 unspecified atom stereocenters. The molecule has 0 fully saturated rings. The van der Waals surface area contributed by atoms with Crippen molar-refractivity contribution >= 4 is 29.0 Å². The molecule has 4 nitrogen and oxygen atoms in total. The minimum Gasteiger partial charge on any atom is -0.462 e. The quantitative estimate of drug-likeness (QED) is 0.609. The van der Waals surface area contributed by atoms with E-state index < -0.39 is 0 Å². The summed E-state index contributed by atoms with van der Waals surface area (Å²) in [6.45, 7) is 8.21. The van der Waals surface area contributed by atoms with Crippen LogP contribution < -0.4 is 10.6 Å². The van der Waals surface area contributed by atoms with Crippen LogP contribution >= 0.6 is 12.2 Å². The Morgan fingerprint density at radius 2 is 1.84 bits per heavy atom. The van der Waals surface area contributed by atoms with Gasteiger partial charge in [-0.1, -0.05) is 29.8 Å². The minimum atomic E-state index is -0.314. The second-order valence-electron chi connectivity index (χ2n) is 5.98. The Morgan fingerprint density at radius 1 is 1.16 bits per heavy atom. The van der Waals surface area contributed by atoms with E-state index in [0.717, 1.165) is 11.3 Å². The Kier molecular flexibility index (Phi) is 6.53. The number of rotatable bonds is 5. The van der Waals surface area contributed by atoms with Gasteiger partial charge in [-0.25, -0.2) is 4.79 Å². The van der Waals surface area contributed by atoms with Crippen molar-refractivity contribution in [3.63, 3.8) is 0 Å². The normalized spacial score (nSPS) is 11.5. The number of nitrogens with one attached hydrogen (secondary N) is 2. The molecule has 2 rings (SSSR count). The van der Waals surface area contributed by atoms with Crippen LogP contribution in [-0.2, 0) is 4.74 Å². The fraction of sp³-hybridized carbons (Fsp3) is 0.300. The van der Waals surface area contributed by atoms with E-state index in [4.69, 9.17) is 17.0 Å². The summed E-state index contributed by atoms with van der Waals surface area (Å²) in [5, 5.41) is 7.01. The van der Waals surface area contributed by atoms with Crippen molar-refractivity contribution in [1.82, 2.24) is 5.32 Å². The number of carbonyl (C=O) groups is 1. The third-order valence-corrected chi connectivity index (χ3v) is 4.13. The van der Waals surface area contributed by atoms with E-state index >= 15 is 0 Å². The molecular formula is C20H24N2O2S. The number of aryl methyl sites for hydroxylation is 2. The van der Waals surface area contributed by atoms with Crippen molar-refractivity contribution in [3.05, 3.63) is 64.7 Å². The van der Waals surface area contributed by atoms with Gasteiger partial charge in [0.25, 0.3) is 0 Å². The van der Waals surface area contributed by atoms with E-state index in [1.54, 1.807) is 19.1 Å². The Labute approximate surface area is 154 Å². The smallest absolute Gasteiger partial charge is 0.338 e. The number of hydrogen-bond acceptors (Lipinski definition) is 3. The molecule has 0 saturated heterocycles. The molecular weight excluding hydrogens is 332 g/mol. The predicted octanol–water partition coefficient (Wildman–Crippen LogP) is 4.53. The summed E-state index contributed by atoms with van der Waals surface area (Å²) < 4.78 is 5.02. The first-order chi connectivity index (χ1) is 11.9. The predicted molar refractivity (Wildman–Crippen MR) is 106 cm³/mol. The summed E-state index contributed by atoms with van der Waals surface area (Å²) in [7, 11) is 0. The molecule has 0 heterocycles. The van der Waals surface area contributed by atoms with E-state index in [1.165, 1.54) is 11.1 Å². The van der Waals surface area contributed by atoms with Crippen LogP contribution in [0.25, 0.3) is 0 Å². The van der Waals surface area contributed by atoms with Crippen molar-refractivity contribution in [2.24, 2.45) is 0 Å². The summed E-state index contributed by atoms with van der Waals surface area (Å²) in [6, 6.07) is 13.8. The molecule has 0 aliphatic heterocycles. The Morgan fingerprint density at radius 3 is 2.44 bits per heavy atom. The summed E-state index contributed by atoms with van der Waals surface area (Å²) in [5.41, 5.74) is 4.73. The highest BCUT2D eigenvalue weighted by atomic mass is 32.1. The molecule has 2 aromatic carbocycles. The molecule has 0 saturated carbocycles. The van der Waals surface area contributed by atoms with Gasteiger partial charge in [-0.2, -0.15) is 0 Å². The second-order valence-corrected chi connectivity index (χ2v) is 6.39. The van der Waals surface area contributed by atoms with Crippen LogP contribution in [0.2, 0.25) is 0 Å². The first-order valence-corrected chi connectivity index (χ1v) is 8.73. The van der Waals surface area contributed by atoms with E-state index in [2.05, 4.69) is 48.7 Å². The van der Waals surface area contributed by atoms with Gasteiger partial charge in [0, 0.05) is 5.69 Å². The zero-order valence-electron chi connectivity index (χ0n) is 15.1. The first kappa shape index (κ1) is 18.9. The summed E-state index contributed by atoms with van der Waals surface area (Å²) in [5.74, 6) is -0.314. The number of carbonyl (C=O) groups excluding carboxylic acids is 1. The zero-order valence-corrected chi connectivity index (χ0v) is 15.9. The van der Waals surface area contributed by atoms with Crippen LogP contribution in [0, 0.1) is 13.8 Å². The second kappa shape index (κ2) is 8.62. The van der Waals surface area contributed by atoms with Gasteiger partial charge >= 0.3 is 5.97 Å². The number of ether oxygens (including phenoxy) is 1. The van der Waals surface area contributed by atoms with E-state index in [0.29, 0.717) is 17.3 Å². The lowest BCUT2D eigenvalue weighted by molar-refractivity contribution is 0.0526. The van der Waals surface area contributed by atoms with Gasteiger partial charge in [0.2, 0.25) is 0 Å². The summed E-state index contributed by atoms with van der Waals surface area (Å²) in [6.07, 6.45) is 0. The van der Waals surface area contributed by atoms with Crippen LogP contribution in [0.15, 0.2) is 42.5 Å². The highest BCUT2D eigenvalue weighted by Crippen LogP contribution is 2.18. The van der Waals surface area contributed by atoms with E-state index in [9.17, 15) is 4.79 Å². The summed E-state index contributed by atoms with van der Waals surface area (Å²) >= 11 is 5.41. The zero-order chi connectivity index (χ0) is 18.4. The fourth-order valence-corrected chi connectivity index (χ4v) is 2.73. The van der Waals surface area contributed by atoms with Crippen molar-refractivity contribution in [3.8, 4) is 0 Å². The lowest BCUT2D eigenvalue weighted by Crippen LogP contribution is -2.31. The standard InChI is InChI=1S/C20H24N2O2S/c1-5-24-19(23)17-10-11-18(14(3)12-17)22-20(25)21-15(4)16-8-6-13(2)7-9-16/h6-12,15H,5H2,1-4H3,(H2,21,22,25). The third-order valence-electron chi connectivity index (χ3n) is 3.91. The summed E-state index contributed by atoms with van der Waals surface area (Å²) in [4.78, 5) is 11.8. The number of anilines is 1. The molecule has 0 bridgehead atoms. The molecule has 25 heavy (non-hydrogen) atoms. The number of esters is 1. The van der Waals surface area contributed by atoms with Crippen LogP contribution in [-0.4, -0.2) is 17.7 Å². The van der Waals surface area contributed by atoms with Crippen LogP contribution in [0.5, 0.6) is 0 Å². The molecule has 0 aliphatic rings. The average molecular weight is 356 g/mol. The molecule has 1 atom stereocenters. The van der Waals surface area contributed by atoms with Gasteiger partial charge < -0.3 is 15.4 Å². The molecule has 5 heteroatoms. The van der Waals surface area contributed by atoms with Gasteiger partial charge in [-0.3, -0.25) is 0 Å². The van der Waals surface area contributed by atoms with Crippen molar-refractivity contribution in [2.75, 3.05) is 11.9 Å². The average Bonchev–Trinajstić information content (AvgIpc) is 2.57. The Bertz CT molecular complexity index is 757. The van der Waals surface area contributed by atoms with Crippen LogP contribution in [0.1, 0.15) is 46.9 Å². The van der Waals surface area contributed by atoms with Crippen molar-refractivity contribution < 1.29 is 9.53 Å². The molecule has 132 valence electrons. The van der Waals surface area contributed by atoms with Gasteiger partial charge in [-0.15, -0.1) is 0 Å². The molecule has 0 aromatic heterocycles. The van der Waals surface area contributed by atoms with Crippen LogP contribution in [0.3, 0.4) is 0 Å². The maximum absolute atomic E-state index is 11.8. The molecule has 0 radical (unpaired) electrons. The lowest BCUT2D eigenvalue weighted by Gasteiger charge is -2.18. The van der Waals surface area contributed by atoms with Crippen LogP contribution in [0.4, 0.5) is 5.69 Å². The molecule has 0 amide bonds. The number of thiocarbonyl (C=S) groups is 1. The monoisotopic (exact) mass is 356 g/mol. The molecule has 2 aromatic rings. The van der Waals surface area contributed by atoms with Gasteiger partial charge in [-0.05, 0) is 69.2 Å². The van der Waals surface area contributed by atoms with E-state index in [-0.39, 0.29) is 12.0 Å². The number of benzene rings is 2. The van der Waals surface area contributed by atoms with E-state index in [1.807, 2.05) is 13.0 Å². The maximum atomic E-state index is 11.8. The third kappa shape index (κ3) is 5.29. The van der Waals surface area contributed by atoms with Crippen molar-refractivity contribution in [1.29, 1.82) is 0 Å². The topological polar surface area (TPSA) is 50.4 Å². The Hall–Kier alpha value is -2.40. The number of hydrogen-bond donors (Lipinski definition) is 2. The fourth-order valence-electron chi connectivity index (χ4n) is 2.44. The lowest BCUT2D eigenvalue weighted by atomic mass is 10.1. The molecule has 2 N–H and O–H groups in total. The highest BCUT2D eigenvalue weighted by molar-refractivity contribution is 7.80. The largest absolute Gasteiger partial charge is 0.462 e. The minimum absolute atomic E-state index is 0.0970. The maximum Gasteiger partial charge on any atom is 0.338 e. The van der Waals surface area contributed by atoms with Gasteiger partial charge in [0.15, 0.2) is 5.11 Å². The van der Waals surface area contributed by atoms with Gasteiger partial charge in [0.05, 0.1) is 18.2 Å².